The molecule has 120 valence electrons. The molecule has 0 aliphatic carbocycles. The molecule has 0 saturated heterocycles. The zero-order valence-electron chi connectivity index (χ0n) is 11.7. The lowest BCUT2D eigenvalue weighted by molar-refractivity contribution is -0.384. The highest BCUT2D eigenvalue weighted by atomic mass is 79.9. The first-order chi connectivity index (χ1) is 11.0. The number of ether oxygens (including phenoxy) is 1. The molecule has 0 saturated carbocycles. The minimum Gasteiger partial charge on any atom is -0.455 e. The fraction of sp³-hybridized carbons (Fsp3) is 0.143. The van der Waals surface area contributed by atoms with Crippen molar-refractivity contribution in [3.63, 3.8) is 0 Å². The van der Waals surface area contributed by atoms with Crippen LogP contribution in [0.3, 0.4) is 0 Å². The van der Waals surface area contributed by atoms with Crippen molar-refractivity contribution in [2.24, 2.45) is 0 Å². The fourth-order valence-electron chi connectivity index (χ4n) is 1.66. The molecule has 1 N–H and O–H groups in total. The van der Waals surface area contributed by atoms with E-state index < -0.39 is 23.4 Å². The van der Waals surface area contributed by atoms with E-state index in [1.807, 2.05) is 11.4 Å². The van der Waals surface area contributed by atoms with Gasteiger partial charge in [0.25, 0.3) is 11.6 Å². The molecule has 1 aromatic heterocycles. The van der Waals surface area contributed by atoms with E-state index in [1.165, 1.54) is 29.5 Å². The van der Waals surface area contributed by atoms with Gasteiger partial charge in [-0.15, -0.1) is 11.3 Å². The van der Waals surface area contributed by atoms with Crippen molar-refractivity contribution >= 4 is 50.5 Å². The van der Waals surface area contributed by atoms with Crippen LogP contribution in [-0.2, 0) is 20.7 Å². The van der Waals surface area contributed by atoms with Gasteiger partial charge in [0.05, 0.1) is 17.0 Å². The van der Waals surface area contributed by atoms with Crippen molar-refractivity contribution in [1.29, 1.82) is 0 Å². The molecule has 0 radical (unpaired) electrons. The third-order valence-electron chi connectivity index (χ3n) is 2.70. The first kappa shape index (κ1) is 17.1. The predicted octanol–water partition coefficient (Wildman–Crippen LogP) is 3.14. The number of carbonyl (C=O) groups is 2. The molecular weight excluding hydrogens is 388 g/mol. The molecule has 1 amide bonds. The number of nitro groups is 1. The molecule has 0 aliphatic heterocycles. The van der Waals surface area contributed by atoms with Gasteiger partial charge in [0.15, 0.2) is 6.61 Å². The van der Waals surface area contributed by atoms with Gasteiger partial charge in [-0.05, 0) is 33.4 Å². The van der Waals surface area contributed by atoms with Crippen LogP contribution in [0.4, 0.5) is 11.4 Å². The topological polar surface area (TPSA) is 98.5 Å². The normalized spacial score (nSPS) is 10.1. The lowest BCUT2D eigenvalue weighted by atomic mass is 10.3. The molecule has 1 heterocycles. The summed E-state index contributed by atoms with van der Waals surface area (Å²) in [6.45, 7) is -0.423. The zero-order chi connectivity index (χ0) is 16.8. The summed E-state index contributed by atoms with van der Waals surface area (Å²) in [7, 11) is 0. The maximum absolute atomic E-state index is 11.7. The van der Waals surface area contributed by atoms with Crippen LogP contribution in [-0.4, -0.2) is 23.4 Å². The molecule has 9 heteroatoms. The summed E-state index contributed by atoms with van der Waals surface area (Å²) in [6.07, 6.45) is 0.117. The van der Waals surface area contributed by atoms with Crippen LogP contribution in [0.25, 0.3) is 0 Å². The highest BCUT2D eigenvalue weighted by Crippen LogP contribution is 2.27. The van der Waals surface area contributed by atoms with Crippen molar-refractivity contribution in [3.8, 4) is 0 Å². The molecule has 23 heavy (non-hydrogen) atoms. The number of nitro benzene ring substituents is 1. The van der Waals surface area contributed by atoms with Gasteiger partial charge in [0.1, 0.15) is 0 Å². The summed E-state index contributed by atoms with van der Waals surface area (Å²) in [4.78, 5) is 34.3. The number of nitrogens with zero attached hydrogens (tertiary/aromatic N) is 1. The maximum Gasteiger partial charge on any atom is 0.311 e. The van der Waals surface area contributed by atoms with Crippen LogP contribution < -0.4 is 5.32 Å². The Morgan fingerprint density at radius 2 is 2.13 bits per heavy atom. The number of halogens is 1. The molecule has 0 unspecified atom stereocenters. The molecule has 2 aromatic rings. The number of anilines is 1. The number of thiophene rings is 1. The Bertz CT molecular complexity index is 733. The second-order valence-electron chi connectivity index (χ2n) is 4.39. The zero-order valence-corrected chi connectivity index (χ0v) is 14.1. The molecule has 0 fully saturated rings. The predicted molar refractivity (Wildman–Crippen MR) is 88.4 cm³/mol. The van der Waals surface area contributed by atoms with Crippen LogP contribution in [0.5, 0.6) is 0 Å². The Morgan fingerprint density at radius 1 is 1.35 bits per heavy atom. The average Bonchev–Trinajstić information content (AvgIpc) is 3.00. The van der Waals surface area contributed by atoms with Gasteiger partial charge < -0.3 is 10.1 Å². The summed E-state index contributed by atoms with van der Waals surface area (Å²) in [5.74, 6) is -1.02. The Morgan fingerprint density at radius 3 is 2.74 bits per heavy atom. The number of benzene rings is 1. The van der Waals surface area contributed by atoms with Crippen molar-refractivity contribution in [3.05, 3.63) is 55.2 Å². The van der Waals surface area contributed by atoms with Gasteiger partial charge in [-0.1, -0.05) is 6.07 Å². The number of hydrogen-bond acceptors (Lipinski definition) is 6. The van der Waals surface area contributed by atoms with Gasteiger partial charge >= 0.3 is 5.97 Å². The third-order valence-corrected chi connectivity index (χ3v) is 4.23. The third kappa shape index (κ3) is 5.15. The monoisotopic (exact) mass is 398 g/mol. The molecule has 7 nitrogen and oxygen atoms in total. The number of non-ortho nitro benzene ring substituents is 1. The lowest BCUT2D eigenvalue weighted by Gasteiger charge is -2.08. The molecule has 2 rings (SSSR count). The van der Waals surface area contributed by atoms with Gasteiger partial charge in [-0.2, -0.15) is 0 Å². The molecule has 0 spiro atoms. The number of nitrogens with one attached hydrogen (secondary N) is 1. The second kappa shape index (κ2) is 7.84. The van der Waals surface area contributed by atoms with E-state index in [0.29, 0.717) is 10.2 Å². The van der Waals surface area contributed by atoms with Crippen LogP contribution in [0, 0.1) is 10.1 Å². The van der Waals surface area contributed by atoms with Gasteiger partial charge in [-0.3, -0.25) is 19.7 Å². The number of carbonyl (C=O) groups excluding carboxylic acids is 2. The van der Waals surface area contributed by atoms with Crippen molar-refractivity contribution in [2.45, 2.75) is 6.42 Å². The van der Waals surface area contributed by atoms with E-state index in [9.17, 15) is 19.7 Å². The fourth-order valence-corrected chi connectivity index (χ4v) is 2.81. The van der Waals surface area contributed by atoms with E-state index in [-0.39, 0.29) is 12.1 Å². The number of hydrogen-bond donors (Lipinski definition) is 1. The Balaban J connectivity index is 1.85. The SMILES string of the molecule is O=C(COC(=O)Cc1cccs1)Nc1ccc([N+](=O)[O-])cc1Br. The number of esters is 1. The van der Waals surface area contributed by atoms with Crippen LogP contribution in [0.2, 0.25) is 0 Å². The first-order valence-corrected chi connectivity index (χ1v) is 8.05. The Labute approximate surface area is 143 Å². The van der Waals surface area contributed by atoms with E-state index in [0.717, 1.165) is 4.88 Å². The highest BCUT2D eigenvalue weighted by molar-refractivity contribution is 9.10. The second-order valence-corrected chi connectivity index (χ2v) is 6.27. The standard InChI is InChI=1S/C14H11BrN2O5S/c15-11-6-9(17(20)21)3-4-12(11)16-13(18)8-22-14(19)7-10-2-1-5-23-10/h1-6H,7-8H2,(H,16,18). The first-order valence-electron chi connectivity index (χ1n) is 6.37. The lowest BCUT2D eigenvalue weighted by Crippen LogP contribution is -2.21. The Hall–Kier alpha value is -2.26. The summed E-state index contributed by atoms with van der Waals surface area (Å²) < 4.78 is 5.25. The minimum atomic E-state index is -0.539. The van der Waals surface area contributed by atoms with Crippen molar-refractivity contribution < 1.29 is 19.2 Å². The molecular formula is C14H11BrN2O5S. The van der Waals surface area contributed by atoms with Crippen LogP contribution >= 0.6 is 27.3 Å². The average molecular weight is 399 g/mol. The summed E-state index contributed by atoms with van der Waals surface area (Å²) >= 11 is 4.57. The van der Waals surface area contributed by atoms with E-state index in [1.54, 1.807) is 6.07 Å². The van der Waals surface area contributed by atoms with E-state index >= 15 is 0 Å². The van der Waals surface area contributed by atoms with Crippen LogP contribution in [0.1, 0.15) is 4.88 Å². The van der Waals surface area contributed by atoms with Gasteiger partial charge in [-0.25, -0.2) is 0 Å². The van der Waals surface area contributed by atoms with Gasteiger partial charge in [0.2, 0.25) is 0 Å². The van der Waals surface area contributed by atoms with Crippen molar-refractivity contribution in [1.82, 2.24) is 0 Å². The van der Waals surface area contributed by atoms with Crippen molar-refractivity contribution in [2.75, 3.05) is 11.9 Å². The molecule has 0 bridgehead atoms. The van der Waals surface area contributed by atoms with Crippen LogP contribution in [0.15, 0.2) is 40.2 Å². The number of rotatable bonds is 6. The van der Waals surface area contributed by atoms with E-state index in [2.05, 4.69) is 21.2 Å². The molecule has 0 aliphatic rings. The quantitative estimate of drug-likeness (QED) is 0.457. The van der Waals surface area contributed by atoms with E-state index in [4.69, 9.17) is 4.74 Å². The molecule has 0 atom stereocenters. The summed E-state index contributed by atoms with van der Waals surface area (Å²) in [5, 5.41) is 15.0. The van der Waals surface area contributed by atoms with Gasteiger partial charge in [0, 0.05) is 21.5 Å². The molecule has 1 aromatic carbocycles. The largest absolute Gasteiger partial charge is 0.455 e. The minimum absolute atomic E-state index is 0.0998. The summed E-state index contributed by atoms with van der Waals surface area (Å²) in [5.41, 5.74) is 0.257. The Kier molecular flexibility index (Phi) is 5.83. The highest BCUT2D eigenvalue weighted by Gasteiger charge is 2.13. The smallest absolute Gasteiger partial charge is 0.311 e. The number of amides is 1. The maximum atomic E-state index is 11.7. The summed E-state index contributed by atoms with van der Waals surface area (Å²) in [6, 6.07) is 7.57.